The third-order valence-electron chi connectivity index (χ3n) is 1.58. The van der Waals surface area contributed by atoms with Crippen molar-refractivity contribution in [1.29, 1.82) is 0 Å². The summed E-state index contributed by atoms with van der Waals surface area (Å²) < 4.78 is 34.0. The lowest BCUT2D eigenvalue weighted by molar-refractivity contribution is 0.398. The molecule has 0 spiro atoms. The monoisotopic (exact) mass is 204 g/mol. The van der Waals surface area contributed by atoms with Gasteiger partial charge in [0.25, 0.3) is 0 Å². The Kier molecular flexibility index (Phi) is 3.02. The van der Waals surface area contributed by atoms with Crippen LogP contribution in [0.3, 0.4) is 0 Å². The van der Waals surface area contributed by atoms with E-state index in [1.807, 2.05) is 0 Å². The highest BCUT2D eigenvalue weighted by molar-refractivity contribution is 7.73. The van der Waals surface area contributed by atoms with Crippen molar-refractivity contribution in [3.63, 3.8) is 0 Å². The van der Waals surface area contributed by atoms with Gasteiger partial charge in [-0.05, 0) is 11.5 Å². The second-order valence-corrected chi connectivity index (χ2v) is 3.34. The first kappa shape index (κ1) is 10.2. The van der Waals surface area contributed by atoms with Gasteiger partial charge in [0.15, 0.2) is 6.17 Å². The Morgan fingerprint density at radius 3 is 2.54 bits per heavy atom. The average molecular weight is 204 g/mol. The molecule has 2 N–H and O–H groups in total. The highest BCUT2D eigenvalue weighted by Crippen LogP contribution is 2.15. The Morgan fingerprint density at radius 2 is 2.08 bits per heavy atom. The molecule has 0 fully saturated rings. The third-order valence-corrected chi connectivity index (χ3v) is 2.31. The van der Waals surface area contributed by atoms with Gasteiger partial charge < -0.3 is 10.0 Å². The summed E-state index contributed by atoms with van der Waals surface area (Å²) in [6, 6.07) is 0. The molecule has 0 aliphatic heterocycles. The predicted octanol–water partition coefficient (Wildman–Crippen LogP) is -1.12. The fraction of sp³-hybridized carbons (Fsp3) is 0.167. The van der Waals surface area contributed by atoms with Gasteiger partial charge in [0.2, 0.25) is 10.3 Å². The molecule has 1 atom stereocenters. The van der Waals surface area contributed by atoms with Gasteiger partial charge in [-0.3, -0.25) is 0 Å². The quantitative estimate of drug-likeness (QED) is 0.419. The fourth-order valence-electron chi connectivity index (χ4n) is 0.944. The molecule has 1 unspecified atom stereocenters. The molecule has 0 heterocycles. The van der Waals surface area contributed by atoms with Gasteiger partial charge >= 0.3 is 7.12 Å². The molecule has 4 nitrogen and oxygen atoms in total. The average Bonchev–Trinajstić information content (AvgIpc) is 2.03. The molecule has 70 valence electrons. The zero-order valence-electron chi connectivity index (χ0n) is 6.38. The molecule has 1 rings (SSSR count). The topological polar surface area (TPSA) is 74.6 Å². The van der Waals surface area contributed by atoms with Crippen LogP contribution >= 0.6 is 0 Å². The number of rotatable bonds is 1. The highest BCUT2D eigenvalue weighted by Gasteiger charge is 2.29. The first-order valence-electron chi connectivity index (χ1n) is 3.38. The Hall–Kier alpha value is -0.915. The summed E-state index contributed by atoms with van der Waals surface area (Å²) in [5.41, 5.74) is -0.373. The van der Waals surface area contributed by atoms with Gasteiger partial charge in [-0.1, -0.05) is 12.2 Å². The molecule has 7 heteroatoms. The van der Waals surface area contributed by atoms with Crippen LogP contribution < -0.4 is 0 Å². The van der Waals surface area contributed by atoms with E-state index < -0.39 is 28.4 Å². The molecular weight excluding hydrogens is 198 g/mol. The lowest BCUT2D eigenvalue weighted by atomic mass is 9.74. The van der Waals surface area contributed by atoms with Gasteiger partial charge in [0.05, 0.1) is 0 Å². The summed E-state index contributed by atoms with van der Waals surface area (Å²) in [4.78, 5) is -0.495. The fourth-order valence-corrected chi connectivity index (χ4v) is 1.44. The largest absolute Gasteiger partial charge is 0.487 e. The number of alkyl halides is 1. The maximum absolute atomic E-state index is 13.1. The molecule has 0 saturated carbocycles. The van der Waals surface area contributed by atoms with E-state index in [1.54, 1.807) is 0 Å². The lowest BCUT2D eigenvalue weighted by Gasteiger charge is -2.12. The third kappa shape index (κ3) is 2.06. The summed E-state index contributed by atoms with van der Waals surface area (Å²) >= 11 is 0. The first-order valence-corrected chi connectivity index (χ1v) is 4.46. The molecule has 0 saturated heterocycles. The number of hydrogen-bond donors (Lipinski definition) is 2. The summed E-state index contributed by atoms with van der Waals surface area (Å²) in [7, 11) is -4.65. The van der Waals surface area contributed by atoms with Crippen LogP contribution in [0.5, 0.6) is 0 Å². The Labute approximate surface area is 75.7 Å². The standard InChI is InChI=1S/C6H6BFO4S/c8-6-4(7(9)10)2-1-3-5(6)13(11)12/h1-3,6,9-10H. The van der Waals surface area contributed by atoms with Gasteiger partial charge in [0, 0.05) is 0 Å². The normalized spacial score (nSPS) is 21.3. The summed E-state index contributed by atoms with van der Waals surface area (Å²) in [6.45, 7) is 0. The predicted molar refractivity (Wildman–Crippen MR) is 46.2 cm³/mol. The minimum absolute atomic E-state index is 0.373. The molecule has 0 aromatic rings. The smallest absolute Gasteiger partial charge is 0.423 e. The van der Waals surface area contributed by atoms with Crippen molar-refractivity contribution >= 4 is 22.3 Å². The van der Waals surface area contributed by atoms with Gasteiger partial charge in [-0.2, -0.15) is 8.42 Å². The number of hydrogen-bond acceptors (Lipinski definition) is 4. The second-order valence-electron chi connectivity index (χ2n) is 2.40. The van der Waals surface area contributed by atoms with Crippen LogP contribution in [-0.2, 0) is 10.3 Å². The molecule has 1 aliphatic rings. The Morgan fingerprint density at radius 1 is 1.46 bits per heavy atom. The number of allylic oxidation sites excluding steroid dienone is 4. The summed E-state index contributed by atoms with van der Waals surface area (Å²) in [6.07, 6.45) is 1.48. The molecule has 13 heavy (non-hydrogen) atoms. The first-order chi connectivity index (χ1) is 6.04. The van der Waals surface area contributed by atoms with Crippen LogP contribution in [0.15, 0.2) is 23.7 Å². The second kappa shape index (κ2) is 3.86. The van der Waals surface area contributed by atoms with Crippen molar-refractivity contribution in [2.24, 2.45) is 0 Å². The van der Waals surface area contributed by atoms with Gasteiger partial charge in [-0.15, -0.1) is 0 Å². The SMILES string of the molecule is O=S(=O)=C1C=CC=C(B(O)O)C1F. The molecular formula is C6H6BFO4S. The molecule has 1 aliphatic carbocycles. The van der Waals surface area contributed by atoms with E-state index in [0.29, 0.717) is 0 Å². The van der Waals surface area contributed by atoms with Crippen LogP contribution in [0.25, 0.3) is 0 Å². The molecule has 0 radical (unpaired) electrons. The van der Waals surface area contributed by atoms with Gasteiger partial charge in [0.1, 0.15) is 4.86 Å². The lowest BCUT2D eigenvalue weighted by Crippen LogP contribution is -2.30. The van der Waals surface area contributed by atoms with Gasteiger partial charge in [-0.25, -0.2) is 4.39 Å². The summed E-state index contributed by atoms with van der Waals surface area (Å²) in [5, 5.41) is 17.3. The van der Waals surface area contributed by atoms with Crippen LogP contribution in [0.1, 0.15) is 0 Å². The van der Waals surface area contributed by atoms with Crippen LogP contribution in [0.2, 0.25) is 0 Å². The zero-order chi connectivity index (χ0) is 10.0. The Bertz CT molecular complexity index is 387. The van der Waals surface area contributed by atoms with E-state index in [1.165, 1.54) is 6.08 Å². The van der Waals surface area contributed by atoms with Crippen molar-refractivity contribution in [3.05, 3.63) is 23.7 Å². The van der Waals surface area contributed by atoms with Crippen LogP contribution in [0, 0.1) is 0 Å². The van der Waals surface area contributed by atoms with Crippen molar-refractivity contribution < 1.29 is 22.9 Å². The van der Waals surface area contributed by atoms with Crippen molar-refractivity contribution in [3.8, 4) is 0 Å². The molecule has 0 amide bonds. The Balaban J connectivity index is 3.15. The molecule has 0 aromatic carbocycles. The van der Waals surface area contributed by atoms with Crippen molar-refractivity contribution in [2.75, 3.05) is 0 Å². The van der Waals surface area contributed by atoms with Crippen LogP contribution in [0.4, 0.5) is 4.39 Å². The van der Waals surface area contributed by atoms with Crippen molar-refractivity contribution in [1.82, 2.24) is 0 Å². The van der Waals surface area contributed by atoms with E-state index in [9.17, 15) is 12.8 Å². The zero-order valence-corrected chi connectivity index (χ0v) is 7.20. The summed E-state index contributed by atoms with van der Waals surface area (Å²) in [5.74, 6) is 0. The van der Waals surface area contributed by atoms with Crippen molar-refractivity contribution in [2.45, 2.75) is 6.17 Å². The maximum Gasteiger partial charge on any atom is 0.487 e. The van der Waals surface area contributed by atoms with E-state index in [4.69, 9.17) is 10.0 Å². The maximum atomic E-state index is 13.1. The molecule has 0 aromatic heterocycles. The van der Waals surface area contributed by atoms with Crippen LogP contribution in [-0.4, -0.2) is 36.6 Å². The minimum Gasteiger partial charge on any atom is -0.423 e. The van der Waals surface area contributed by atoms with E-state index in [-0.39, 0.29) is 5.47 Å². The minimum atomic E-state index is -2.68. The molecule has 0 bridgehead atoms. The number of halogens is 1. The van der Waals surface area contributed by atoms with E-state index in [2.05, 4.69) is 0 Å². The van der Waals surface area contributed by atoms with E-state index >= 15 is 0 Å². The highest BCUT2D eigenvalue weighted by atomic mass is 32.2. The van der Waals surface area contributed by atoms with E-state index in [0.717, 1.165) is 12.2 Å².